The zero-order valence-electron chi connectivity index (χ0n) is 8.44. The second kappa shape index (κ2) is 4.61. The molecule has 1 aliphatic carbocycles. The maximum atomic E-state index is 10.9. The van der Waals surface area contributed by atoms with Crippen molar-refractivity contribution in [3.05, 3.63) is 0 Å². The number of nitrogens with two attached hydrogens (primary N) is 1. The van der Waals surface area contributed by atoms with Crippen LogP contribution in [0.15, 0.2) is 0 Å². The molecule has 3 heteroatoms. The Morgan fingerprint density at radius 3 is 2.46 bits per heavy atom. The van der Waals surface area contributed by atoms with Crippen LogP contribution in [-0.2, 0) is 4.79 Å². The van der Waals surface area contributed by atoms with E-state index < -0.39 is 0 Å². The summed E-state index contributed by atoms with van der Waals surface area (Å²) in [6.45, 7) is 3.00. The molecule has 0 unspecified atom stereocenters. The Balaban J connectivity index is 2.55. The van der Waals surface area contributed by atoms with Crippen molar-refractivity contribution in [3.8, 4) is 0 Å². The van der Waals surface area contributed by atoms with Gasteiger partial charge in [-0.15, -0.1) is 0 Å². The van der Waals surface area contributed by atoms with Gasteiger partial charge in [0.2, 0.25) is 5.91 Å². The van der Waals surface area contributed by atoms with E-state index in [1.165, 1.54) is 19.3 Å². The average Bonchev–Trinajstić information content (AvgIpc) is 2.04. The number of rotatable bonds is 4. The van der Waals surface area contributed by atoms with Crippen LogP contribution in [0.1, 0.15) is 45.4 Å². The number of amides is 1. The molecular weight excluding hydrogens is 164 g/mol. The molecule has 1 saturated carbocycles. The molecule has 1 aliphatic rings. The summed E-state index contributed by atoms with van der Waals surface area (Å²) in [6.07, 6.45) is 6.45. The Morgan fingerprint density at radius 2 is 2.00 bits per heavy atom. The zero-order valence-corrected chi connectivity index (χ0v) is 8.44. The highest BCUT2D eigenvalue weighted by atomic mass is 16.1. The standard InChI is InChI=1S/C10H20N2O/c1-2-12-10(8-9(11)13)6-4-3-5-7-10/h12H,2-8H2,1H3,(H2,11,13). The number of carbonyl (C=O) groups excluding carboxylic acids is 1. The highest BCUT2D eigenvalue weighted by Gasteiger charge is 2.32. The molecule has 76 valence electrons. The number of hydrogen-bond donors (Lipinski definition) is 2. The summed E-state index contributed by atoms with van der Waals surface area (Å²) in [6, 6.07) is 0. The second-order valence-electron chi connectivity index (χ2n) is 4.01. The molecule has 13 heavy (non-hydrogen) atoms. The molecule has 0 aromatic carbocycles. The minimum absolute atomic E-state index is 0.0266. The van der Waals surface area contributed by atoms with E-state index in [0.29, 0.717) is 6.42 Å². The number of nitrogens with one attached hydrogen (secondary N) is 1. The molecule has 0 heterocycles. The van der Waals surface area contributed by atoms with Gasteiger partial charge in [0.25, 0.3) is 0 Å². The van der Waals surface area contributed by atoms with Crippen molar-refractivity contribution < 1.29 is 4.79 Å². The monoisotopic (exact) mass is 184 g/mol. The summed E-state index contributed by atoms with van der Waals surface area (Å²) in [4.78, 5) is 10.9. The first-order valence-electron chi connectivity index (χ1n) is 5.22. The van der Waals surface area contributed by atoms with Gasteiger partial charge in [-0.3, -0.25) is 4.79 Å². The third-order valence-electron chi connectivity index (χ3n) is 2.88. The second-order valence-corrected chi connectivity index (χ2v) is 4.01. The first-order chi connectivity index (χ1) is 6.18. The van der Waals surface area contributed by atoms with Gasteiger partial charge >= 0.3 is 0 Å². The van der Waals surface area contributed by atoms with Crippen molar-refractivity contribution in [1.82, 2.24) is 5.32 Å². The van der Waals surface area contributed by atoms with Crippen LogP contribution < -0.4 is 11.1 Å². The Hall–Kier alpha value is -0.570. The fraction of sp³-hybridized carbons (Fsp3) is 0.900. The summed E-state index contributed by atoms with van der Waals surface area (Å²) >= 11 is 0. The lowest BCUT2D eigenvalue weighted by molar-refractivity contribution is -0.119. The van der Waals surface area contributed by atoms with Crippen molar-refractivity contribution in [2.75, 3.05) is 6.54 Å². The highest BCUT2D eigenvalue weighted by Crippen LogP contribution is 2.30. The minimum Gasteiger partial charge on any atom is -0.370 e. The molecule has 0 spiro atoms. The lowest BCUT2D eigenvalue weighted by atomic mass is 9.79. The molecule has 1 amide bonds. The van der Waals surface area contributed by atoms with Gasteiger partial charge in [-0.25, -0.2) is 0 Å². The SMILES string of the molecule is CCNC1(CC(N)=O)CCCCC1. The van der Waals surface area contributed by atoms with Gasteiger partial charge in [0, 0.05) is 12.0 Å². The van der Waals surface area contributed by atoms with Crippen LogP contribution in [0.4, 0.5) is 0 Å². The van der Waals surface area contributed by atoms with E-state index in [1.54, 1.807) is 0 Å². The highest BCUT2D eigenvalue weighted by molar-refractivity contribution is 5.75. The van der Waals surface area contributed by atoms with E-state index in [-0.39, 0.29) is 11.4 Å². The van der Waals surface area contributed by atoms with Crippen LogP contribution in [0.5, 0.6) is 0 Å². The van der Waals surface area contributed by atoms with E-state index in [1.807, 2.05) is 0 Å². The Morgan fingerprint density at radius 1 is 1.38 bits per heavy atom. The van der Waals surface area contributed by atoms with Gasteiger partial charge in [0.05, 0.1) is 0 Å². The van der Waals surface area contributed by atoms with E-state index in [2.05, 4.69) is 12.2 Å². The third kappa shape index (κ3) is 2.99. The van der Waals surface area contributed by atoms with Gasteiger partial charge in [0.15, 0.2) is 0 Å². The van der Waals surface area contributed by atoms with E-state index in [4.69, 9.17) is 5.73 Å². The molecule has 0 aromatic rings. The van der Waals surface area contributed by atoms with E-state index in [9.17, 15) is 4.79 Å². The summed E-state index contributed by atoms with van der Waals surface area (Å²) in [5.74, 6) is -0.178. The summed E-state index contributed by atoms with van der Waals surface area (Å²) < 4.78 is 0. The Labute approximate surface area is 80.1 Å². The first-order valence-corrected chi connectivity index (χ1v) is 5.22. The maximum absolute atomic E-state index is 10.9. The van der Waals surface area contributed by atoms with Crippen LogP contribution in [0.3, 0.4) is 0 Å². The Bertz CT molecular complexity index is 168. The van der Waals surface area contributed by atoms with Crippen molar-refractivity contribution in [2.24, 2.45) is 5.73 Å². The fourth-order valence-electron chi connectivity index (χ4n) is 2.35. The van der Waals surface area contributed by atoms with Crippen molar-refractivity contribution >= 4 is 5.91 Å². The largest absolute Gasteiger partial charge is 0.370 e. The number of primary amides is 1. The van der Waals surface area contributed by atoms with Crippen LogP contribution >= 0.6 is 0 Å². The molecule has 3 nitrogen and oxygen atoms in total. The predicted octanol–water partition coefficient (Wildman–Crippen LogP) is 1.17. The van der Waals surface area contributed by atoms with Gasteiger partial charge < -0.3 is 11.1 Å². The lowest BCUT2D eigenvalue weighted by Crippen LogP contribution is -2.49. The van der Waals surface area contributed by atoms with Gasteiger partial charge in [-0.1, -0.05) is 26.2 Å². The quantitative estimate of drug-likeness (QED) is 0.689. The summed E-state index contributed by atoms with van der Waals surface area (Å²) in [7, 11) is 0. The van der Waals surface area contributed by atoms with Crippen molar-refractivity contribution in [1.29, 1.82) is 0 Å². The van der Waals surface area contributed by atoms with Crippen LogP contribution in [0.2, 0.25) is 0 Å². The minimum atomic E-state index is -0.178. The van der Waals surface area contributed by atoms with Gasteiger partial charge in [-0.2, -0.15) is 0 Å². The molecule has 0 saturated heterocycles. The third-order valence-corrected chi connectivity index (χ3v) is 2.88. The smallest absolute Gasteiger partial charge is 0.219 e. The number of carbonyl (C=O) groups is 1. The van der Waals surface area contributed by atoms with E-state index >= 15 is 0 Å². The molecule has 1 rings (SSSR count). The average molecular weight is 184 g/mol. The van der Waals surface area contributed by atoms with Gasteiger partial charge in [0.1, 0.15) is 0 Å². The molecule has 1 fully saturated rings. The Kier molecular flexibility index (Phi) is 3.72. The van der Waals surface area contributed by atoms with E-state index in [0.717, 1.165) is 19.4 Å². The zero-order chi connectivity index (χ0) is 9.73. The maximum Gasteiger partial charge on any atom is 0.219 e. The summed E-state index contributed by atoms with van der Waals surface area (Å²) in [5, 5.41) is 3.43. The predicted molar refractivity (Wildman–Crippen MR) is 53.3 cm³/mol. The normalized spacial score (nSPS) is 21.3. The molecule has 0 bridgehead atoms. The molecule has 0 radical (unpaired) electrons. The molecule has 0 aromatic heterocycles. The molecule has 0 atom stereocenters. The van der Waals surface area contributed by atoms with Crippen molar-refractivity contribution in [2.45, 2.75) is 51.0 Å². The first kappa shape index (κ1) is 10.5. The van der Waals surface area contributed by atoms with Crippen LogP contribution in [-0.4, -0.2) is 18.0 Å². The molecule has 0 aliphatic heterocycles. The van der Waals surface area contributed by atoms with Crippen LogP contribution in [0, 0.1) is 0 Å². The van der Waals surface area contributed by atoms with Gasteiger partial charge in [-0.05, 0) is 19.4 Å². The number of hydrogen-bond acceptors (Lipinski definition) is 2. The lowest BCUT2D eigenvalue weighted by Gasteiger charge is -2.37. The van der Waals surface area contributed by atoms with Crippen molar-refractivity contribution in [3.63, 3.8) is 0 Å². The topological polar surface area (TPSA) is 55.1 Å². The molecular formula is C10H20N2O. The van der Waals surface area contributed by atoms with Crippen LogP contribution in [0.25, 0.3) is 0 Å². The molecule has 3 N–H and O–H groups in total. The fourth-order valence-corrected chi connectivity index (χ4v) is 2.35. The summed E-state index contributed by atoms with van der Waals surface area (Å²) in [5.41, 5.74) is 5.29.